The van der Waals surface area contributed by atoms with E-state index in [-0.39, 0.29) is 18.8 Å². The number of amidine groups is 1. The average molecular weight is 404 g/mol. The molecule has 1 N–H and O–H groups in total. The molecule has 29 heavy (non-hydrogen) atoms. The van der Waals surface area contributed by atoms with Gasteiger partial charge in [-0.3, -0.25) is 9.56 Å². The summed E-state index contributed by atoms with van der Waals surface area (Å²) < 4.78 is 31.9. The van der Waals surface area contributed by atoms with E-state index in [2.05, 4.69) is 15.3 Å². The topological polar surface area (TPSA) is 87.0 Å². The van der Waals surface area contributed by atoms with Crippen LogP contribution in [0.5, 0.6) is 0 Å². The van der Waals surface area contributed by atoms with Gasteiger partial charge in [-0.25, -0.2) is 14.2 Å². The van der Waals surface area contributed by atoms with Gasteiger partial charge in [-0.15, -0.1) is 0 Å². The van der Waals surface area contributed by atoms with Crippen LogP contribution in [0.3, 0.4) is 0 Å². The van der Waals surface area contributed by atoms with Gasteiger partial charge in [-0.05, 0) is 39.0 Å². The van der Waals surface area contributed by atoms with Crippen LogP contribution < -0.4 is 5.32 Å². The highest BCUT2D eigenvalue weighted by Crippen LogP contribution is 2.25. The monoisotopic (exact) mass is 404 g/mol. The minimum atomic E-state index is -0.510. The maximum Gasteiger partial charge on any atom is 0.358 e. The number of rotatable bonds is 8. The lowest BCUT2D eigenvalue weighted by molar-refractivity contribution is -0.131. The van der Waals surface area contributed by atoms with E-state index < -0.39 is 18.1 Å². The van der Waals surface area contributed by atoms with Gasteiger partial charge in [0.2, 0.25) is 0 Å². The van der Waals surface area contributed by atoms with Crippen molar-refractivity contribution in [1.82, 2.24) is 14.9 Å². The number of hydrogen-bond acceptors (Lipinski definition) is 7. The van der Waals surface area contributed by atoms with Crippen molar-refractivity contribution in [3.8, 4) is 5.69 Å². The Morgan fingerprint density at radius 2 is 2.00 bits per heavy atom. The van der Waals surface area contributed by atoms with Crippen LogP contribution >= 0.6 is 0 Å². The first-order valence-electron chi connectivity index (χ1n) is 9.64. The van der Waals surface area contributed by atoms with E-state index in [1.165, 1.54) is 18.5 Å². The zero-order chi connectivity index (χ0) is 20.8. The van der Waals surface area contributed by atoms with Crippen LogP contribution in [0.1, 0.15) is 42.5 Å². The van der Waals surface area contributed by atoms with Gasteiger partial charge >= 0.3 is 5.97 Å². The summed E-state index contributed by atoms with van der Waals surface area (Å²) in [5.74, 6) is -0.412. The zero-order valence-corrected chi connectivity index (χ0v) is 16.8. The number of ether oxygens (including phenoxy) is 3. The van der Waals surface area contributed by atoms with Crippen molar-refractivity contribution in [3.05, 3.63) is 47.3 Å². The average Bonchev–Trinajstić information content (AvgIpc) is 3.06. The minimum absolute atomic E-state index is 0.181. The van der Waals surface area contributed by atoms with E-state index in [9.17, 15) is 9.18 Å². The third kappa shape index (κ3) is 4.63. The second-order valence-electron chi connectivity index (χ2n) is 6.18. The first kappa shape index (κ1) is 20.9. The SMILES string of the molecule is CCOC(=O)c1ncn2c1CN=C(NCC(OCC)OCC)c1cc(F)ccc1-2. The summed E-state index contributed by atoms with van der Waals surface area (Å²) >= 11 is 0. The number of hydrogen-bond donors (Lipinski definition) is 1. The van der Waals surface area contributed by atoms with Crippen LogP contribution in [0.25, 0.3) is 5.69 Å². The van der Waals surface area contributed by atoms with Gasteiger partial charge in [-0.1, -0.05) is 0 Å². The summed E-state index contributed by atoms with van der Waals surface area (Å²) in [6, 6.07) is 4.39. The normalized spacial score (nSPS) is 12.8. The van der Waals surface area contributed by atoms with Gasteiger partial charge < -0.3 is 19.5 Å². The second kappa shape index (κ2) is 9.62. The molecule has 9 heteroatoms. The fourth-order valence-electron chi connectivity index (χ4n) is 3.12. The Morgan fingerprint density at radius 1 is 1.24 bits per heavy atom. The maximum atomic E-state index is 14.0. The molecular formula is C20H25FN4O4. The van der Waals surface area contributed by atoms with Gasteiger partial charge in [0.05, 0.1) is 31.1 Å². The molecule has 2 heterocycles. The number of fused-ring (bicyclic) bond motifs is 3. The molecule has 1 aromatic heterocycles. The van der Waals surface area contributed by atoms with E-state index in [1.54, 1.807) is 17.6 Å². The summed E-state index contributed by atoms with van der Waals surface area (Å²) in [7, 11) is 0. The zero-order valence-electron chi connectivity index (χ0n) is 16.8. The Bertz CT molecular complexity index is 891. The molecular weight excluding hydrogens is 379 g/mol. The van der Waals surface area contributed by atoms with Crippen molar-refractivity contribution in [2.24, 2.45) is 4.99 Å². The number of esters is 1. The van der Waals surface area contributed by atoms with Gasteiger partial charge in [-0.2, -0.15) is 0 Å². The number of nitrogens with one attached hydrogen (secondary N) is 1. The van der Waals surface area contributed by atoms with Gasteiger partial charge in [0.1, 0.15) is 18.0 Å². The Labute approximate surface area is 168 Å². The van der Waals surface area contributed by atoms with Gasteiger partial charge in [0.15, 0.2) is 12.0 Å². The molecule has 0 amide bonds. The summed E-state index contributed by atoms with van der Waals surface area (Å²) in [6.45, 7) is 7.29. The van der Waals surface area contributed by atoms with Crippen LogP contribution in [-0.4, -0.2) is 54.0 Å². The molecule has 0 spiro atoms. The molecule has 0 saturated heterocycles. The number of benzene rings is 1. The van der Waals surface area contributed by atoms with Crippen molar-refractivity contribution >= 4 is 11.8 Å². The van der Waals surface area contributed by atoms with Crippen molar-refractivity contribution < 1.29 is 23.4 Å². The maximum absolute atomic E-state index is 14.0. The van der Waals surface area contributed by atoms with Crippen LogP contribution in [0, 0.1) is 5.82 Å². The third-order valence-electron chi connectivity index (χ3n) is 4.34. The first-order chi connectivity index (χ1) is 14.1. The number of aromatic nitrogens is 2. The van der Waals surface area contributed by atoms with Gasteiger partial charge in [0.25, 0.3) is 0 Å². The Morgan fingerprint density at radius 3 is 2.69 bits per heavy atom. The Hall–Kier alpha value is -2.78. The van der Waals surface area contributed by atoms with Crippen LogP contribution in [0.15, 0.2) is 29.5 Å². The smallest absolute Gasteiger partial charge is 0.358 e. The number of nitrogens with zero attached hydrogens (tertiary/aromatic N) is 3. The molecule has 1 aliphatic heterocycles. The lowest BCUT2D eigenvalue weighted by Gasteiger charge is -2.19. The van der Waals surface area contributed by atoms with E-state index in [1.807, 2.05) is 13.8 Å². The molecule has 0 saturated carbocycles. The first-order valence-corrected chi connectivity index (χ1v) is 9.64. The molecule has 1 aromatic carbocycles. The summed E-state index contributed by atoms with van der Waals surface area (Å²) in [4.78, 5) is 21.0. The summed E-state index contributed by atoms with van der Waals surface area (Å²) in [6.07, 6.45) is 1.07. The van der Waals surface area contributed by atoms with E-state index >= 15 is 0 Å². The molecule has 0 bridgehead atoms. The van der Waals surface area contributed by atoms with Crippen molar-refractivity contribution in [1.29, 1.82) is 0 Å². The standard InChI is InChI=1S/C20H25FN4O4/c1-4-27-17(28-5-2)11-23-19-14-9-13(21)7-8-15(14)25-12-24-18(16(25)10-22-19)20(26)29-6-3/h7-9,12,17H,4-6,10-11H2,1-3H3,(H,22,23). The molecule has 0 radical (unpaired) electrons. The van der Waals surface area contributed by atoms with E-state index in [4.69, 9.17) is 14.2 Å². The number of aliphatic imine (C=N–C) groups is 1. The van der Waals surface area contributed by atoms with Gasteiger partial charge in [0, 0.05) is 18.8 Å². The summed E-state index contributed by atoms with van der Waals surface area (Å²) in [5.41, 5.74) is 2.01. The number of carbonyl (C=O) groups excluding carboxylic acids is 1. The van der Waals surface area contributed by atoms with E-state index in [0.717, 1.165) is 0 Å². The van der Waals surface area contributed by atoms with Crippen molar-refractivity contribution in [2.45, 2.75) is 33.6 Å². The molecule has 2 aromatic rings. The number of imidazole rings is 1. The third-order valence-corrected chi connectivity index (χ3v) is 4.34. The highest BCUT2D eigenvalue weighted by molar-refractivity contribution is 6.02. The predicted molar refractivity (Wildman–Crippen MR) is 105 cm³/mol. The molecule has 0 atom stereocenters. The molecule has 0 fully saturated rings. The Balaban J connectivity index is 1.95. The quantitative estimate of drug-likeness (QED) is 0.537. The number of halogens is 1. The molecule has 1 aliphatic rings. The highest BCUT2D eigenvalue weighted by atomic mass is 19.1. The number of carbonyl (C=O) groups is 1. The molecule has 0 unspecified atom stereocenters. The lowest BCUT2D eigenvalue weighted by atomic mass is 10.1. The summed E-state index contributed by atoms with van der Waals surface area (Å²) in [5, 5.41) is 3.20. The van der Waals surface area contributed by atoms with Crippen molar-refractivity contribution in [3.63, 3.8) is 0 Å². The van der Waals surface area contributed by atoms with Crippen molar-refractivity contribution in [2.75, 3.05) is 26.4 Å². The Kier molecular flexibility index (Phi) is 6.95. The molecule has 8 nitrogen and oxygen atoms in total. The second-order valence-corrected chi connectivity index (χ2v) is 6.18. The fraction of sp³-hybridized carbons (Fsp3) is 0.450. The fourth-order valence-corrected chi connectivity index (χ4v) is 3.12. The minimum Gasteiger partial charge on any atom is -0.461 e. The molecule has 3 rings (SSSR count). The lowest BCUT2D eigenvalue weighted by Crippen LogP contribution is -2.36. The highest BCUT2D eigenvalue weighted by Gasteiger charge is 2.25. The van der Waals surface area contributed by atoms with E-state index in [0.29, 0.717) is 42.5 Å². The predicted octanol–water partition coefficient (Wildman–Crippen LogP) is 2.44. The van der Waals surface area contributed by atoms with Crippen LogP contribution in [0.4, 0.5) is 4.39 Å². The van der Waals surface area contributed by atoms with Crippen LogP contribution in [-0.2, 0) is 20.8 Å². The largest absolute Gasteiger partial charge is 0.461 e. The van der Waals surface area contributed by atoms with Crippen LogP contribution in [0.2, 0.25) is 0 Å². The molecule has 0 aliphatic carbocycles. The molecule has 156 valence electrons.